The predicted octanol–water partition coefficient (Wildman–Crippen LogP) is 6.29. The largest absolute Gasteiger partial charge is 0.462 e. The van der Waals surface area contributed by atoms with E-state index < -0.39 is 5.97 Å². The lowest BCUT2D eigenvalue weighted by molar-refractivity contribution is -0.139. The van der Waals surface area contributed by atoms with Gasteiger partial charge in [0.1, 0.15) is 5.75 Å². The van der Waals surface area contributed by atoms with Crippen LogP contribution in [0.3, 0.4) is 0 Å². The molecule has 0 aliphatic carbocycles. The Balaban J connectivity index is 1.54. The molecule has 0 aliphatic rings. The summed E-state index contributed by atoms with van der Waals surface area (Å²) < 4.78 is 10.3. The number of benzene rings is 3. The SMILES string of the molecule is C=C(C)C(=O)OCCCc1ccc(C#Cc2ccc(-c3ccc(OC(=O)C(=C)C)cc3)cc2)cc1. The number of carbonyl (C=O) groups excluding carboxylic acids is 2. The molecule has 3 aromatic carbocycles. The lowest BCUT2D eigenvalue weighted by Gasteiger charge is -2.06. The fraction of sp³-hybridized carbons (Fsp3) is 0.161. The van der Waals surface area contributed by atoms with Crippen molar-refractivity contribution in [2.75, 3.05) is 6.61 Å². The summed E-state index contributed by atoms with van der Waals surface area (Å²) in [7, 11) is 0. The molecule has 0 bridgehead atoms. The maximum Gasteiger partial charge on any atom is 0.338 e. The molecule has 0 spiro atoms. The summed E-state index contributed by atoms with van der Waals surface area (Å²) in [5.74, 6) is 6.10. The zero-order valence-electron chi connectivity index (χ0n) is 20.1. The van der Waals surface area contributed by atoms with Crippen molar-refractivity contribution in [1.29, 1.82) is 0 Å². The molecule has 0 radical (unpaired) electrons. The average molecular weight is 465 g/mol. The Bertz CT molecular complexity index is 1270. The van der Waals surface area contributed by atoms with Gasteiger partial charge in [0.05, 0.1) is 6.61 Å². The molecule has 0 fully saturated rings. The molecule has 3 aromatic rings. The van der Waals surface area contributed by atoms with Gasteiger partial charge in [-0.25, -0.2) is 9.59 Å². The quantitative estimate of drug-likeness (QED) is 0.129. The molecule has 0 unspecified atom stereocenters. The minimum atomic E-state index is -0.433. The van der Waals surface area contributed by atoms with Gasteiger partial charge in [-0.15, -0.1) is 0 Å². The van der Waals surface area contributed by atoms with Crippen molar-refractivity contribution in [1.82, 2.24) is 0 Å². The van der Waals surface area contributed by atoms with Crippen LogP contribution in [0.15, 0.2) is 97.1 Å². The van der Waals surface area contributed by atoms with E-state index in [1.165, 1.54) is 5.56 Å². The van der Waals surface area contributed by atoms with E-state index in [0.717, 1.165) is 35.1 Å². The van der Waals surface area contributed by atoms with Crippen LogP contribution in [0.2, 0.25) is 0 Å². The van der Waals surface area contributed by atoms with Crippen molar-refractivity contribution in [3.05, 3.63) is 114 Å². The highest BCUT2D eigenvalue weighted by Crippen LogP contribution is 2.23. The summed E-state index contributed by atoms with van der Waals surface area (Å²) in [6.07, 6.45) is 1.59. The van der Waals surface area contributed by atoms with E-state index in [1.807, 2.05) is 60.7 Å². The van der Waals surface area contributed by atoms with Crippen molar-refractivity contribution in [3.8, 4) is 28.7 Å². The molecule has 35 heavy (non-hydrogen) atoms. The highest BCUT2D eigenvalue weighted by atomic mass is 16.5. The van der Waals surface area contributed by atoms with Crippen LogP contribution < -0.4 is 4.74 Å². The standard InChI is InChI=1S/C31H28O4/c1-22(2)30(32)34-21-5-6-24-7-9-25(10-8-24)11-12-26-13-15-27(16-14-26)28-17-19-29(20-18-28)35-31(33)23(3)4/h7-10,13-20H,1,3,5-6,21H2,2,4H3. The van der Waals surface area contributed by atoms with E-state index in [-0.39, 0.29) is 5.97 Å². The van der Waals surface area contributed by atoms with E-state index >= 15 is 0 Å². The fourth-order valence-corrected chi connectivity index (χ4v) is 3.12. The van der Waals surface area contributed by atoms with Gasteiger partial charge in [0.2, 0.25) is 0 Å². The van der Waals surface area contributed by atoms with Crippen LogP contribution in [0.4, 0.5) is 0 Å². The number of aryl methyl sites for hydroxylation is 1. The van der Waals surface area contributed by atoms with Crippen molar-refractivity contribution < 1.29 is 19.1 Å². The van der Waals surface area contributed by atoms with E-state index in [9.17, 15) is 9.59 Å². The third-order valence-corrected chi connectivity index (χ3v) is 5.13. The molecular formula is C31H28O4. The van der Waals surface area contributed by atoms with Crippen LogP contribution in [0, 0.1) is 11.8 Å². The second-order valence-corrected chi connectivity index (χ2v) is 8.24. The molecule has 0 N–H and O–H groups in total. The Morgan fingerprint density at radius 3 is 1.71 bits per heavy atom. The first-order valence-electron chi connectivity index (χ1n) is 11.3. The fourth-order valence-electron chi connectivity index (χ4n) is 3.12. The third kappa shape index (κ3) is 7.87. The lowest BCUT2D eigenvalue weighted by Crippen LogP contribution is -2.07. The highest BCUT2D eigenvalue weighted by Gasteiger charge is 2.06. The summed E-state index contributed by atoms with van der Waals surface area (Å²) in [6, 6.07) is 23.4. The Morgan fingerprint density at radius 2 is 1.20 bits per heavy atom. The van der Waals surface area contributed by atoms with E-state index in [1.54, 1.807) is 26.0 Å². The molecule has 0 aromatic heterocycles. The molecule has 4 heteroatoms. The minimum absolute atomic E-state index is 0.344. The highest BCUT2D eigenvalue weighted by molar-refractivity contribution is 5.88. The predicted molar refractivity (Wildman–Crippen MR) is 139 cm³/mol. The average Bonchev–Trinajstić information content (AvgIpc) is 2.86. The van der Waals surface area contributed by atoms with Crippen molar-refractivity contribution in [2.24, 2.45) is 0 Å². The summed E-state index contributed by atoms with van der Waals surface area (Å²) >= 11 is 0. The van der Waals surface area contributed by atoms with Crippen molar-refractivity contribution >= 4 is 11.9 Å². The van der Waals surface area contributed by atoms with Gasteiger partial charge in [0.25, 0.3) is 0 Å². The molecule has 0 aliphatic heterocycles. The first-order valence-corrected chi connectivity index (χ1v) is 11.3. The van der Waals surface area contributed by atoms with Crippen LogP contribution in [0.5, 0.6) is 5.75 Å². The normalized spacial score (nSPS) is 10.0. The first kappa shape index (κ1) is 25.3. The van der Waals surface area contributed by atoms with E-state index in [4.69, 9.17) is 9.47 Å². The smallest absolute Gasteiger partial charge is 0.338 e. The van der Waals surface area contributed by atoms with Crippen molar-refractivity contribution in [3.63, 3.8) is 0 Å². The van der Waals surface area contributed by atoms with Crippen LogP contribution in [-0.4, -0.2) is 18.5 Å². The summed E-state index contributed by atoms with van der Waals surface area (Å²) in [6.45, 7) is 10.8. The molecular weight excluding hydrogens is 436 g/mol. The Hall–Kier alpha value is -4.36. The molecule has 0 atom stereocenters. The van der Waals surface area contributed by atoms with Crippen LogP contribution in [0.25, 0.3) is 11.1 Å². The minimum Gasteiger partial charge on any atom is -0.462 e. The Kier molecular flexibility index (Phi) is 8.81. The molecule has 0 saturated carbocycles. The van der Waals surface area contributed by atoms with Gasteiger partial charge >= 0.3 is 11.9 Å². The number of hydrogen-bond acceptors (Lipinski definition) is 4. The van der Waals surface area contributed by atoms with E-state index in [2.05, 4.69) is 25.0 Å². The number of ether oxygens (including phenoxy) is 2. The molecule has 0 saturated heterocycles. The van der Waals surface area contributed by atoms with Gasteiger partial charge in [-0.3, -0.25) is 0 Å². The summed E-state index contributed by atoms with van der Waals surface area (Å²) in [5, 5.41) is 0. The Morgan fingerprint density at radius 1 is 0.714 bits per heavy atom. The van der Waals surface area contributed by atoms with Gasteiger partial charge in [-0.05, 0) is 79.8 Å². The third-order valence-electron chi connectivity index (χ3n) is 5.13. The number of esters is 2. The van der Waals surface area contributed by atoms with Crippen LogP contribution in [-0.2, 0) is 20.7 Å². The van der Waals surface area contributed by atoms with Gasteiger partial charge in [0, 0.05) is 22.3 Å². The maximum absolute atomic E-state index is 11.6. The van der Waals surface area contributed by atoms with Crippen LogP contribution in [0.1, 0.15) is 37.0 Å². The van der Waals surface area contributed by atoms with Crippen LogP contribution >= 0.6 is 0 Å². The number of hydrogen-bond donors (Lipinski definition) is 0. The molecule has 176 valence electrons. The van der Waals surface area contributed by atoms with Crippen molar-refractivity contribution in [2.45, 2.75) is 26.7 Å². The molecule has 0 heterocycles. The maximum atomic E-state index is 11.6. The zero-order valence-corrected chi connectivity index (χ0v) is 20.1. The second-order valence-electron chi connectivity index (χ2n) is 8.24. The molecule has 4 nitrogen and oxygen atoms in total. The van der Waals surface area contributed by atoms with Gasteiger partial charge in [-0.2, -0.15) is 0 Å². The number of rotatable bonds is 8. The lowest BCUT2D eigenvalue weighted by atomic mass is 10.0. The van der Waals surface area contributed by atoms with Gasteiger partial charge < -0.3 is 9.47 Å². The molecule has 3 rings (SSSR count). The van der Waals surface area contributed by atoms with E-state index in [0.29, 0.717) is 23.5 Å². The monoisotopic (exact) mass is 464 g/mol. The summed E-state index contributed by atoms with van der Waals surface area (Å²) in [5.41, 5.74) is 5.87. The first-order chi connectivity index (χ1) is 16.8. The topological polar surface area (TPSA) is 52.6 Å². The number of carbonyl (C=O) groups is 2. The molecule has 0 amide bonds. The second kappa shape index (κ2) is 12.2. The summed E-state index contributed by atoms with van der Waals surface area (Å²) in [4.78, 5) is 23.0. The zero-order chi connectivity index (χ0) is 25.2. The Labute approximate surface area is 206 Å². The van der Waals surface area contributed by atoms with Gasteiger partial charge in [0.15, 0.2) is 0 Å². The van der Waals surface area contributed by atoms with Gasteiger partial charge in [-0.1, -0.05) is 61.4 Å².